The molecular weight excluding hydrogens is 248 g/mol. The molecule has 1 saturated carbocycles. The number of nitrogens with two attached hydrogens (primary N) is 1. The molecule has 0 unspecified atom stereocenters. The highest BCUT2D eigenvalue weighted by Crippen LogP contribution is 2.51. The van der Waals surface area contributed by atoms with Gasteiger partial charge in [0, 0.05) is 35.6 Å². The van der Waals surface area contributed by atoms with Crippen molar-refractivity contribution in [1.82, 2.24) is 4.57 Å². The molecule has 1 heterocycles. The highest BCUT2D eigenvalue weighted by molar-refractivity contribution is 5.88. The average molecular weight is 272 g/mol. The third-order valence-electron chi connectivity index (χ3n) is 4.61. The van der Waals surface area contributed by atoms with Gasteiger partial charge in [-0.05, 0) is 57.4 Å². The van der Waals surface area contributed by atoms with Gasteiger partial charge in [0.1, 0.15) is 5.75 Å². The molecule has 0 saturated heterocycles. The predicted octanol–water partition coefficient (Wildman–Crippen LogP) is 3.26. The van der Waals surface area contributed by atoms with Crippen LogP contribution in [0.5, 0.6) is 5.75 Å². The summed E-state index contributed by atoms with van der Waals surface area (Å²) in [6.45, 7) is 7.06. The highest BCUT2D eigenvalue weighted by atomic mass is 16.5. The van der Waals surface area contributed by atoms with Gasteiger partial charge in [-0.15, -0.1) is 0 Å². The molecule has 0 radical (unpaired) electrons. The van der Waals surface area contributed by atoms with Crippen molar-refractivity contribution < 1.29 is 4.74 Å². The molecule has 2 aromatic rings. The Morgan fingerprint density at radius 3 is 2.60 bits per heavy atom. The minimum Gasteiger partial charge on any atom is -0.491 e. The van der Waals surface area contributed by atoms with Crippen molar-refractivity contribution in [3.8, 4) is 5.75 Å². The molecule has 3 heteroatoms. The third kappa shape index (κ3) is 1.92. The van der Waals surface area contributed by atoms with Crippen LogP contribution in [0.15, 0.2) is 18.2 Å². The zero-order valence-corrected chi connectivity index (χ0v) is 12.9. The summed E-state index contributed by atoms with van der Waals surface area (Å²) in [6.07, 6.45) is 2.61. The van der Waals surface area contributed by atoms with Gasteiger partial charge in [-0.2, -0.15) is 0 Å². The fourth-order valence-electron chi connectivity index (χ4n) is 3.27. The molecule has 0 bridgehead atoms. The summed E-state index contributed by atoms with van der Waals surface area (Å²) in [6, 6.07) is 6.41. The number of nitrogens with zero attached hydrogens (tertiary/aromatic N) is 1. The van der Waals surface area contributed by atoms with Gasteiger partial charge < -0.3 is 15.0 Å². The molecule has 0 atom stereocenters. The molecule has 1 aliphatic carbocycles. The first-order valence-corrected chi connectivity index (χ1v) is 7.45. The molecule has 108 valence electrons. The van der Waals surface area contributed by atoms with E-state index in [0.717, 1.165) is 12.3 Å². The van der Waals surface area contributed by atoms with Crippen molar-refractivity contribution in [2.24, 2.45) is 12.8 Å². The smallest absolute Gasteiger partial charge is 0.120 e. The van der Waals surface area contributed by atoms with Crippen LogP contribution in [-0.4, -0.2) is 17.2 Å². The number of hydrogen-bond acceptors (Lipinski definition) is 2. The standard InChI is InChI=1S/C17H24N2O/c1-11(2)20-13-5-6-15-14(9-13)16(12(3)19(15)4)17(10-18)7-8-17/h5-6,9,11H,7-8,10,18H2,1-4H3. The van der Waals surface area contributed by atoms with E-state index < -0.39 is 0 Å². The number of fused-ring (bicyclic) bond motifs is 1. The highest BCUT2D eigenvalue weighted by Gasteiger charge is 2.45. The van der Waals surface area contributed by atoms with Crippen LogP contribution in [0.4, 0.5) is 0 Å². The average Bonchev–Trinajstić information content (AvgIpc) is 3.14. The minimum absolute atomic E-state index is 0.199. The van der Waals surface area contributed by atoms with Gasteiger partial charge >= 0.3 is 0 Å². The molecule has 3 nitrogen and oxygen atoms in total. The molecule has 1 aliphatic rings. The van der Waals surface area contributed by atoms with E-state index in [-0.39, 0.29) is 11.5 Å². The molecule has 0 spiro atoms. The molecule has 1 fully saturated rings. The van der Waals surface area contributed by atoms with E-state index in [9.17, 15) is 0 Å². The Labute approximate surface area is 120 Å². The Balaban J connectivity index is 2.19. The normalized spacial score (nSPS) is 16.9. The van der Waals surface area contributed by atoms with Crippen molar-refractivity contribution >= 4 is 10.9 Å². The van der Waals surface area contributed by atoms with E-state index in [1.165, 1.54) is 35.0 Å². The van der Waals surface area contributed by atoms with Crippen LogP contribution in [-0.2, 0) is 12.5 Å². The third-order valence-corrected chi connectivity index (χ3v) is 4.61. The van der Waals surface area contributed by atoms with Crippen LogP contribution < -0.4 is 10.5 Å². The first-order chi connectivity index (χ1) is 9.48. The molecule has 2 N–H and O–H groups in total. The lowest BCUT2D eigenvalue weighted by Gasteiger charge is -2.14. The van der Waals surface area contributed by atoms with Crippen LogP contribution in [0.1, 0.15) is 37.9 Å². The lowest BCUT2D eigenvalue weighted by molar-refractivity contribution is 0.243. The zero-order valence-electron chi connectivity index (χ0n) is 12.9. The summed E-state index contributed by atoms with van der Waals surface area (Å²) in [5.41, 5.74) is 10.3. The van der Waals surface area contributed by atoms with Crippen LogP contribution in [0, 0.1) is 6.92 Å². The molecule has 1 aromatic carbocycles. The van der Waals surface area contributed by atoms with Gasteiger partial charge in [0.05, 0.1) is 6.10 Å². The van der Waals surface area contributed by atoms with Gasteiger partial charge in [-0.25, -0.2) is 0 Å². The van der Waals surface area contributed by atoms with Gasteiger partial charge in [-0.1, -0.05) is 0 Å². The topological polar surface area (TPSA) is 40.2 Å². The Morgan fingerprint density at radius 1 is 1.35 bits per heavy atom. The summed E-state index contributed by atoms with van der Waals surface area (Å²) in [7, 11) is 2.14. The van der Waals surface area contributed by atoms with Crippen molar-refractivity contribution in [2.45, 2.75) is 45.1 Å². The number of benzene rings is 1. The van der Waals surface area contributed by atoms with Crippen molar-refractivity contribution in [2.75, 3.05) is 6.54 Å². The van der Waals surface area contributed by atoms with Crippen LogP contribution in [0.25, 0.3) is 10.9 Å². The van der Waals surface area contributed by atoms with Crippen molar-refractivity contribution in [3.63, 3.8) is 0 Å². The van der Waals surface area contributed by atoms with E-state index in [1.54, 1.807) is 0 Å². The number of aryl methyl sites for hydroxylation is 1. The first-order valence-electron chi connectivity index (χ1n) is 7.45. The molecule has 1 aromatic heterocycles. The maximum absolute atomic E-state index is 6.05. The summed E-state index contributed by atoms with van der Waals surface area (Å²) in [5, 5.41) is 1.31. The SMILES string of the molecule is Cc1c(C2(CN)CC2)c2cc(OC(C)C)ccc2n1C. The Morgan fingerprint density at radius 2 is 2.05 bits per heavy atom. The van der Waals surface area contributed by atoms with Crippen molar-refractivity contribution in [3.05, 3.63) is 29.5 Å². The largest absolute Gasteiger partial charge is 0.491 e. The van der Waals surface area contributed by atoms with Gasteiger partial charge in [0.25, 0.3) is 0 Å². The summed E-state index contributed by atoms with van der Waals surface area (Å²) < 4.78 is 8.13. The fourth-order valence-corrected chi connectivity index (χ4v) is 3.27. The van der Waals surface area contributed by atoms with Gasteiger partial charge in [0.2, 0.25) is 0 Å². The van der Waals surface area contributed by atoms with E-state index in [4.69, 9.17) is 10.5 Å². The molecule has 3 rings (SSSR count). The van der Waals surface area contributed by atoms with Crippen LogP contribution >= 0.6 is 0 Å². The zero-order chi connectivity index (χ0) is 14.5. The maximum atomic E-state index is 6.05. The second-order valence-corrected chi connectivity index (χ2v) is 6.35. The van der Waals surface area contributed by atoms with Crippen LogP contribution in [0.3, 0.4) is 0 Å². The second-order valence-electron chi connectivity index (χ2n) is 6.35. The predicted molar refractivity (Wildman–Crippen MR) is 83.4 cm³/mol. The first kappa shape index (κ1) is 13.5. The summed E-state index contributed by atoms with van der Waals surface area (Å²) in [5.74, 6) is 0.951. The second kappa shape index (κ2) is 4.52. The lowest BCUT2D eigenvalue weighted by atomic mass is 9.93. The quantitative estimate of drug-likeness (QED) is 0.928. The molecular formula is C17H24N2O. The van der Waals surface area contributed by atoms with Crippen molar-refractivity contribution in [1.29, 1.82) is 0 Å². The van der Waals surface area contributed by atoms with E-state index in [2.05, 4.69) is 50.6 Å². The lowest BCUT2D eigenvalue weighted by Crippen LogP contribution is -2.20. The summed E-state index contributed by atoms with van der Waals surface area (Å²) in [4.78, 5) is 0. The minimum atomic E-state index is 0.199. The van der Waals surface area contributed by atoms with Gasteiger partial charge in [0.15, 0.2) is 0 Å². The molecule has 20 heavy (non-hydrogen) atoms. The van der Waals surface area contributed by atoms with Crippen LogP contribution in [0.2, 0.25) is 0 Å². The number of rotatable bonds is 4. The summed E-state index contributed by atoms with van der Waals surface area (Å²) >= 11 is 0. The maximum Gasteiger partial charge on any atom is 0.120 e. The van der Waals surface area contributed by atoms with E-state index in [1.807, 2.05) is 0 Å². The number of ether oxygens (including phenoxy) is 1. The molecule has 0 aliphatic heterocycles. The number of hydrogen-bond donors (Lipinski definition) is 1. The Bertz CT molecular complexity index is 651. The number of aromatic nitrogens is 1. The Hall–Kier alpha value is -1.48. The molecule has 0 amide bonds. The van der Waals surface area contributed by atoms with E-state index in [0.29, 0.717) is 0 Å². The van der Waals surface area contributed by atoms with Gasteiger partial charge in [-0.3, -0.25) is 0 Å². The van der Waals surface area contributed by atoms with E-state index >= 15 is 0 Å². The fraction of sp³-hybridized carbons (Fsp3) is 0.529. The Kier molecular flexibility index (Phi) is 3.05. The monoisotopic (exact) mass is 272 g/mol.